The highest BCUT2D eigenvalue weighted by molar-refractivity contribution is 6.14. The van der Waals surface area contributed by atoms with Crippen LogP contribution in [0.3, 0.4) is 0 Å². The molecule has 0 saturated heterocycles. The fourth-order valence-corrected chi connectivity index (χ4v) is 2.48. The number of hydrogen-bond donors (Lipinski definition) is 2. The number of hydrogen-bond acceptors (Lipinski definition) is 2. The van der Waals surface area contributed by atoms with E-state index < -0.39 is 5.97 Å². The third kappa shape index (κ3) is 2.13. The Morgan fingerprint density at radius 1 is 1.15 bits per heavy atom. The van der Waals surface area contributed by atoms with Crippen molar-refractivity contribution < 1.29 is 14.7 Å². The average molecular weight is 269 g/mol. The number of benzene rings is 2. The summed E-state index contributed by atoms with van der Waals surface area (Å²) in [6.45, 7) is 2.08. The third-order valence-electron chi connectivity index (χ3n) is 3.81. The van der Waals surface area contributed by atoms with Gasteiger partial charge in [-0.05, 0) is 29.9 Å². The summed E-state index contributed by atoms with van der Waals surface area (Å²) >= 11 is 0. The van der Waals surface area contributed by atoms with Gasteiger partial charge in [-0.3, -0.25) is 4.79 Å². The van der Waals surface area contributed by atoms with E-state index in [-0.39, 0.29) is 17.5 Å². The first-order chi connectivity index (χ1) is 9.58. The van der Waals surface area contributed by atoms with Crippen molar-refractivity contribution in [1.82, 2.24) is 5.32 Å². The van der Waals surface area contributed by atoms with Gasteiger partial charge in [-0.25, -0.2) is 4.79 Å². The summed E-state index contributed by atoms with van der Waals surface area (Å²) in [5, 5.41) is 13.5. The van der Waals surface area contributed by atoms with Crippen LogP contribution in [0.4, 0.5) is 0 Å². The van der Waals surface area contributed by atoms with Crippen LogP contribution in [0.1, 0.15) is 34.1 Å². The van der Waals surface area contributed by atoms with Gasteiger partial charge < -0.3 is 10.4 Å². The van der Waals surface area contributed by atoms with Gasteiger partial charge in [0.1, 0.15) is 0 Å². The fourth-order valence-electron chi connectivity index (χ4n) is 2.48. The highest BCUT2D eigenvalue weighted by Crippen LogP contribution is 2.30. The van der Waals surface area contributed by atoms with Crippen molar-refractivity contribution in [2.45, 2.75) is 19.4 Å². The number of carbonyl (C=O) groups is 2. The van der Waals surface area contributed by atoms with Crippen LogP contribution in [0.15, 0.2) is 36.4 Å². The van der Waals surface area contributed by atoms with E-state index >= 15 is 0 Å². The van der Waals surface area contributed by atoms with Gasteiger partial charge in [0, 0.05) is 17.0 Å². The summed E-state index contributed by atoms with van der Waals surface area (Å²) in [5.41, 5.74) is 0.594. The van der Waals surface area contributed by atoms with Crippen molar-refractivity contribution >= 4 is 22.6 Å². The molecule has 0 radical (unpaired) electrons. The number of amides is 1. The van der Waals surface area contributed by atoms with Crippen LogP contribution < -0.4 is 5.32 Å². The van der Waals surface area contributed by atoms with E-state index in [2.05, 4.69) is 12.2 Å². The lowest BCUT2D eigenvalue weighted by Crippen LogP contribution is -2.27. The molecule has 2 aromatic rings. The Kier molecular flexibility index (Phi) is 2.93. The van der Waals surface area contributed by atoms with Crippen molar-refractivity contribution in [2.75, 3.05) is 0 Å². The van der Waals surface area contributed by atoms with Crippen LogP contribution in [0, 0.1) is 5.92 Å². The molecule has 2 atom stereocenters. The molecule has 2 unspecified atom stereocenters. The smallest absolute Gasteiger partial charge is 0.336 e. The van der Waals surface area contributed by atoms with Crippen LogP contribution in [-0.2, 0) is 0 Å². The quantitative estimate of drug-likeness (QED) is 0.900. The Bertz CT molecular complexity index is 703. The van der Waals surface area contributed by atoms with Crippen LogP contribution in [-0.4, -0.2) is 23.0 Å². The summed E-state index contributed by atoms with van der Waals surface area (Å²) in [4.78, 5) is 23.7. The van der Waals surface area contributed by atoms with Crippen LogP contribution >= 0.6 is 0 Å². The molecule has 0 spiro atoms. The second-order valence-corrected chi connectivity index (χ2v) is 5.31. The lowest BCUT2D eigenvalue weighted by molar-refractivity contribution is 0.0699. The lowest BCUT2D eigenvalue weighted by Gasteiger charge is -2.09. The molecule has 1 amide bonds. The fraction of sp³-hybridized carbons (Fsp3) is 0.250. The van der Waals surface area contributed by atoms with E-state index in [0.717, 1.165) is 11.8 Å². The molecule has 0 aromatic heterocycles. The van der Waals surface area contributed by atoms with E-state index in [1.165, 1.54) is 6.07 Å². The van der Waals surface area contributed by atoms with E-state index in [1.807, 2.05) is 12.1 Å². The average Bonchev–Trinajstić information content (AvgIpc) is 3.12. The topological polar surface area (TPSA) is 66.4 Å². The minimum Gasteiger partial charge on any atom is -0.478 e. The maximum Gasteiger partial charge on any atom is 0.336 e. The van der Waals surface area contributed by atoms with Gasteiger partial charge in [-0.1, -0.05) is 31.2 Å². The molecule has 2 aromatic carbocycles. The van der Waals surface area contributed by atoms with Gasteiger partial charge in [-0.2, -0.15) is 0 Å². The summed E-state index contributed by atoms with van der Waals surface area (Å²) in [6.07, 6.45) is 0.988. The van der Waals surface area contributed by atoms with E-state index in [1.54, 1.807) is 18.2 Å². The molecule has 0 aliphatic heterocycles. The Balaban J connectivity index is 2.10. The molecule has 1 fully saturated rings. The van der Waals surface area contributed by atoms with Crippen molar-refractivity contribution in [2.24, 2.45) is 5.92 Å². The lowest BCUT2D eigenvalue weighted by atomic mass is 9.98. The van der Waals surface area contributed by atoms with Gasteiger partial charge in [0.25, 0.3) is 5.91 Å². The standard InChI is InChI=1S/C16H15NO3/c1-9-8-13(9)17-15(18)11-6-2-4-10-5-3-7-12(14(10)11)16(19)20/h2-7,9,13H,8H2,1H3,(H,17,18)(H,19,20). The molecular weight excluding hydrogens is 254 g/mol. The first-order valence-electron chi connectivity index (χ1n) is 6.64. The molecule has 1 aliphatic carbocycles. The molecule has 0 heterocycles. The first kappa shape index (κ1) is 12.7. The van der Waals surface area contributed by atoms with Crippen molar-refractivity contribution in [3.8, 4) is 0 Å². The maximum atomic E-state index is 12.3. The zero-order valence-corrected chi connectivity index (χ0v) is 11.1. The minimum atomic E-state index is -1.02. The van der Waals surface area contributed by atoms with Gasteiger partial charge in [-0.15, -0.1) is 0 Å². The number of carbonyl (C=O) groups excluding carboxylic acids is 1. The highest BCUT2D eigenvalue weighted by Gasteiger charge is 2.34. The molecule has 1 aliphatic rings. The largest absolute Gasteiger partial charge is 0.478 e. The second-order valence-electron chi connectivity index (χ2n) is 5.31. The molecular formula is C16H15NO3. The summed E-state index contributed by atoms with van der Waals surface area (Å²) in [6, 6.07) is 10.5. The van der Waals surface area contributed by atoms with Crippen LogP contribution in [0.25, 0.3) is 10.8 Å². The summed E-state index contributed by atoms with van der Waals surface area (Å²) in [7, 11) is 0. The summed E-state index contributed by atoms with van der Waals surface area (Å²) < 4.78 is 0. The van der Waals surface area contributed by atoms with E-state index in [4.69, 9.17) is 0 Å². The predicted molar refractivity (Wildman–Crippen MR) is 75.9 cm³/mol. The molecule has 102 valence electrons. The third-order valence-corrected chi connectivity index (χ3v) is 3.81. The van der Waals surface area contributed by atoms with Crippen molar-refractivity contribution in [1.29, 1.82) is 0 Å². The number of fused-ring (bicyclic) bond motifs is 1. The molecule has 1 saturated carbocycles. The Labute approximate surface area is 116 Å². The van der Waals surface area contributed by atoms with Crippen LogP contribution in [0.2, 0.25) is 0 Å². The maximum absolute atomic E-state index is 12.3. The van der Waals surface area contributed by atoms with Gasteiger partial charge in [0.05, 0.1) is 5.56 Å². The predicted octanol–water partition coefficient (Wildman–Crippen LogP) is 2.68. The first-order valence-corrected chi connectivity index (χ1v) is 6.64. The Morgan fingerprint density at radius 2 is 1.75 bits per heavy atom. The van der Waals surface area contributed by atoms with Gasteiger partial charge >= 0.3 is 5.97 Å². The Hall–Kier alpha value is -2.36. The number of nitrogens with one attached hydrogen (secondary N) is 1. The van der Waals surface area contributed by atoms with Gasteiger partial charge in [0.15, 0.2) is 0 Å². The number of carboxylic acids is 1. The van der Waals surface area contributed by atoms with Gasteiger partial charge in [0.2, 0.25) is 0 Å². The Morgan fingerprint density at radius 3 is 2.30 bits per heavy atom. The monoisotopic (exact) mass is 269 g/mol. The molecule has 3 rings (SSSR count). The number of aromatic carboxylic acids is 1. The second kappa shape index (κ2) is 4.63. The SMILES string of the molecule is CC1CC1NC(=O)c1cccc2cccc(C(=O)O)c12. The molecule has 20 heavy (non-hydrogen) atoms. The van der Waals surface area contributed by atoms with E-state index in [9.17, 15) is 14.7 Å². The normalized spacial score (nSPS) is 20.6. The van der Waals surface area contributed by atoms with Crippen molar-refractivity contribution in [3.63, 3.8) is 0 Å². The number of rotatable bonds is 3. The zero-order chi connectivity index (χ0) is 14.3. The molecule has 2 N–H and O–H groups in total. The summed E-state index contributed by atoms with van der Waals surface area (Å²) in [5.74, 6) is -0.706. The number of carboxylic acid groups (broad SMARTS) is 1. The molecule has 4 heteroatoms. The minimum absolute atomic E-state index is 0.164. The van der Waals surface area contributed by atoms with Crippen LogP contribution in [0.5, 0.6) is 0 Å². The molecule has 0 bridgehead atoms. The molecule has 4 nitrogen and oxygen atoms in total. The van der Waals surface area contributed by atoms with E-state index in [0.29, 0.717) is 16.9 Å². The van der Waals surface area contributed by atoms with Crippen molar-refractivity contribution in [3.05, 3.63) is 47.5 Å². The zero-order valence-electron chi connectivity index (χ0n) is 11.1. The highest BCUT2D eigenvalue weighted by atomic mass is 16.4.